The van der Waals surface area contributed by atoms with Crippen molar-refractivity contribution in [1.29, 1.82) is 5.26 Å². The molecular weight excluding hydrogens is 160 g/mol. The highest BCUT2D eigenvalue weighted by Crippen LogP contribution is 2.19. The smallest absolute Gasteiger partial charge is 0.101 e. The molecule has 0 aliphatic carbocycles. The summed E-state index contributed by atoms with van der Waals surface area (Å²) < 4.78 is 0. The second-order valence-electron chi connectivity index (χ2n) is 3.59. The van der Waals surface area contributed by atoms with Crippen molar-refractivity contribution in [1.82, 2.24) is 0 Å². The van der Waals surface area contributed by atoms with E-state index in [0.717, 1.165) is 12.0 Å². The van der Waals surface area contributed by atoms with Crippen LogP contribution in [0.15, 0.2) is 18.2 Å². The van der Waals surface area contributed by atoms with Gasteiger partial charge < -0.3 is 5.73 Å². The molecule has 0 bridgehead atoms. The maximum atomic E-state index is 8.75. The summed E-state index contributed by atoms with van der Waals surface area (Å²) in [6, 6.07) is 7.70. The third-order valence-electron chi connectivity index (χ3n) is 1.95. The molecule has 2 heteroatoms. The fourth-order valence-electron chi connectivity index (χ4n) is 1.33. The lowest BCUT2D eigenvalue weighted by atomic mass is 9.99. The Kier molecular flexibility index (Phi) is 2.92. The predicted octanol–water partition coefficient (Wildman–Crippen LogP) is 2.34. The van der Waals surface area contributed by atoms with Gasteiger partial charge in [-0.2, -0.15) is 5.26 Å². The van der Waals surface area contributed by atoms with Crippen LogP contribution in [0.4, 0.5) is 5.69 Å². The fraction of sp³-hybridized carbons (Fsp3) is 0.364. The Balaban J connectivity index is 3.03. The zero-order valence-electron chi connectivity index (χ0n) is 8.04. The van der Waals surface area contributed by atoms with Gasteiger partial charge in [0.1, 0.15) is 6.07 Å². The number of hydrogen-bond donors (Lipinski definition) is 1. The molecule has 0 aliphatic heterocycles. The molecule has 2 nitrogen and oxygen atoms in total. The van der Waals surface area contributed by atoms with Crippen molar-refractivity contribution in [3.63, 3.8) is 0 Å². The highest BCUT2D eigenvalue weighted by atomic mass is 14.6. The van der Waals surface area contributed by atoms with Gasteiger partial charge in [-0.25, -0.2) is 0 Å². The Morgan fingerprint density at radius 2 is 2.15 bits per heavy atom. The average molecular weight is 174 g/mol. The first-order valence-electron chi connectivity index (χ1n) is 4.42. The Morgan fingerprint density at radius 1 is 1.46 bits per heavy atom. The van der Waals surface area contributed by atoms with Crippen molar-refractivity contribution >= 4 is 5.69 Å². The van der Waals surface area contributed by atoms with Gasteiger partial charge in [-0.1, -0.05) is 26.0 Å². The van der Waals surface area contributed by atoms with Crippen LogP contribution in [0, 0.1) is 17.2 Å². The van der Waals surface area contributed by atoms with Crippen LogP contribution in [-0.4, -0.2) is 0 Å². The van der Waals surface area contributed by atoms with E-state index in [-0.39, 0.29) is 0 Å². The summed E-state index contributed by atoms with van der Waals surface area (Å²) >= 11 is 0. The molecule has 0 saturated carbocycles. The molecule has 0 fully saturated rings. The average Bonchev–Trinajstić information content (AvgIpc) is 2.08. The lowest BCUT2D eigenvalue weighted by Gasteiger charge is -2.08. The maximum Gasteiger partial charge on any atom is 0.101 e. The minimum Gasteiger partial charge on any atom is -0.397 e. The Bertz CT molecular complexity index is 334. The summed E-state index contributed by atoms with van der Waals surface area (Å²) in [6.07, 6.45) is 0.932. The molecule has 2 N–H and O–H groups in total. The highest BCUT2D eigenvalue weighted by Gasteiger charge is 2.05. The summed E-state index contributed by atoms with van der Waals surface area (Å²) in [4.78, 5) is 0. The van der Waals surface area contributed by atoms with Gasteiger partial charge in [-0.05, 0) is 24.0 Å². The number of anilines is 1. The van der Waals surface area contributed by atoms with E-state index in [2.05, 4.69) is 19.9 Å². The molecule has 13 heavy (non-hydrogen) atoms. The van der Waals surface area contributed by atoms with Crippen molar-refractivity contribution in [3.05, 3.63) is 29.3 Å². The number of para-hydroxylation sites is 1. The topological polar surface area (TPSA) is 49.8 Å². The molecule has 1 aromatic rings. The third-order valence-corrected chi connectivity index (χ3v) is 1.95. The summed E-state index contributed by atoms with van der Waals surface area (Å²) in [5.41, 5.74) is 8.12. The van der Waals surface area contributed by atoms with Crippen LogP contribution in [0.5, 0.6) is 0 Å². The van der Waals surface area contributed by atoms with E-state index in [9.17, 15) is 0 Å². The number of nitrogens with two attached hydrogens (primary N) is 1. The Labute approximate surface area is 79.0 Å². The second kappa shape index (κ2) is 3.95. The van der Waals surface area contributed by atoms with Crippen LogP contribution in [0.25, 0.3) is 0 Å². The van der Waals surface area contributed by atoms with Crippen molar-refractivity contribution < 1.29 is 0 Å². The zero-order valence-corrected chi connectivity index (χ0v) is 8.04. The van der Waals surface area contributed by atoms with Gasteiger partial charge in [0.25, 0.3) is 0 Å². The van der Waals surface area contributed by atoms with Crippen LogP contribution < -0.4 is 5.73 Å². The molecule has 0 radical (unpaired) electrons. The van der Waals surface area contributed by atoms with Crippen molar-refractivity contribution in [2.24, 2.45) is 5.92 Å². The number of hydrogen-bond acceptors (Lipinski definition) is 2. The number of nitriles is 1. The summed E-state index contributed by atoms with van der Waals surface area (Å²) in [7, 11) is 0. The largest absolute Gasteiger partial charge is 0.397 e. The van der Waals surface area contributed by atoms with E-state index in [4.69, 9.17) is 11.0 Å². The normalized spacial score (nSPS) is 10.0. The summed E-state index contributed by atoms with van der Waals surface area (Å²) in [6.45, 7) is 4.27. The monoisotopic (exact) mass is 174 g/mol. The lowest BCUT2D eigenvalue weighted by molar-refractivity contribution is 0.648. The minimum atomic E-state index is 0.566. The van der Waals surface area contributed by atoms with Gasteiger partial charge >= 0.3 is 0 Å². The third kappa shape index (κ3) is 2.22. The first-order valence-corrected chi connectivity index (χ1v) is 4.42. The van der Waals surface area contributed by atoms with Crippen LogP contribution in [0.2, 0.25) is 0 Å². The molecule has 0 amide bonds. The van der Waals surface area contributed by atoms with Gasteiger partial charge in [0.05, 0.1) is 11.3 Å². The number of rotatable bonds is 2. The van der Waals surface area contributed by atoms with Crippen LogP contribution in [0.3, 0.4) is 0 Å². The SMILES string of the molecule is CC(C)Cc1cccc(C#N)c1N. The molecule has 1 aromatic carbocycles. The molecular formula is C11H14N2. The summed E-state index contributed by atoms with van der Waals surface area (Å²) in [5.74, 6) is 0.566. The maximum absolute atomic E-state index is 8.75. The number of nitrogen functional groups attached to an aromatic ring is 1. The highest BCUT2D eigenvalue weighted by molar-refractivity contribution is 5.59. The number of benzene rings is 1. The van der Waals surface area contributed by atoms with Crippen LogP contribution in [-0.2, 0) is 6.42 Å². The van der Waals surface area contributed by atoms with E-state index in [1.807, 2.05) is 12.1 Å². The van der Waals surface area contributed by atoms with E-state index in [0.29, 0.717) is 17.2 Å². The van der Waals surface area contributed by atoms with Gasteiger partial charge in [-0.3, -0.25) is 0 Å². The Hall–Kier alpha value is -1.49. The molecule has 0 atom stereocenters. The Morgan fingerprint density at radius 3 is 2.69 bits per heavy atom. The molecule has 0 heterocycles. The first-order chi connectivity index (χ1) is 6.15. The standard InChI is InChI=1S/C11H14N2/c1-8(2)6-9-4-3-5-10(7-12)11(9)13/h3-5,8H,6,13H2,1-2H3. The van der Waals surface area contributed by atoms with E-state index in [1.165, 1.54) is 0 Å². The number of nitrogens with zero attached hydrogens (tertiary/aromatic N) is 1. The van der Waals surface area contributed by atoms with Crippen molar-refractivity contribution in [2.75, 3.05) is 5.73 Å². The molecule has 0 aliphatic rings. The van der Waals surface area contributed by atoms with Crippen LogP contribution in [0.1, 0.15) is 25.0 Å². The fourth-order valence-corrected chi connectivity index (χ4v) is 1.33. The molecule has 0 saturated heterocycles. The second-order valence-corrected chi connectivity index (χ2v) is 3.59. The predicted molar refractivity (Wildman–Crippen MR) is 54.1 cm³/mol. The minimum absolute atomic E-state index is 0.566. The molecule has 0 aromatic heterocycles. The van der Waals surface area contributed by atoms with E-state index >= 15 is 0 Å². The van der Waals surface area contributed by atoms with Gasteiger partial charge in [0, 0.05) is 0 Å². The van der Waals surface area contributed by atoms with Crippen LogP contribution >= 0.6 is 0 Å². The van der Waals surface area contributed by atoms with Gasteiger partial charge in [0.2, 0.25) is 0 Å². The van der Waals surface area contributed by atoms with E-state index < -0.39 is 0 Å². The first kappa shape index (κ1) is 9.60. The van der Waals surface area contributed by atoms with Gasteiger partial charge in [0.15, 0.2) is 0 Å². The zero-order chi connectivity index (χ0) is 9.84. The molecule has 0 spiro atoms. The molecule has 0 unspecified atom stereocenters. The molecule has 68 valence electrons. The van der Waals surface area contributed by atoms with Crippen molar-refractivity contribution in [3.8, 4) is 6.07 Å². The quantitative estimate of drug-likeness (QED) is 0.699. The molecule has 1 rings (SSSR count). The van der Waals surface area contributed by atoms with Gasteiger partial charge in [-0.15, -0.1) is 0 Å². The lowest BCUT2D eigenvalue weighted by Crippen LogP contribution is -2.01. The van der Waals surface area contributed by atoms with Crippen molar-refractivity contribution in [2.45, 2.75) is 20.3 Å². The summed E-state index contributed by atoms with van der Waals surface area (Å²) in [5, 5.41) is 8.75. The van der Waals surface area contributed by atoms with E-state index in [1.54, 1.807) is 6.07 Å².